The Kier molecular flexibility index (Phi) is 4.46. The van der Waals surface area contributed by atoms with Crippen molar-refractivity contribution in [2.45, 2.75) is 38.0 Å². The number of alkyl halides is 3. The van der Waals surface area contributed by atoms with Crippen LogP contribution in [0.1, 0.15) is 35.8 Å². The van der Waals surface area contributed by atoms with E-state index in [1.165, 1.54) is 16.9 Å². The van der Waals surface area contributed by atoms with Gasteiger partial charge in [-0.15, -0.1) is 5.10 Å². The van der Waals surface area contributed by atoms with E-state index >= 15 is 0 Å². The van der Waals surface area contributed by atoms with Gasteiger partial charge in [-0.05, 0) is 31.9 Å². The van der Waals surface area contributed by atoms with E-state index in [1.807, 2.05) is 6.92 Å². The molecule has 1 aliphatic rings. The summed E-state index contributed by atoms with van der Waals surface area (Å²) in [7, 11) is 0. The molecule has 0 aromatic carbocycles. The van der Waals surface area contributed by atoms with Crippen molar-refractivity contribution in [3.05, 3.63) is 35.8 Å². The van der Waals surface area contributed by atoms with Crippen LogP contribution < -0.4 is 5.73 Å². The van der Waals surface area contributed by atoms with Crippen LogP contribution in [0.4, 0.5) is 13.2 Å². The predicted octanol–water partition coefficient (Wildman–Crippen LogP) is 1.63. The maximum absolute atomic E-state index is 12.6. The van der Waals surface area contributed by atoms with Crippen molar-refractivity contribution in [3.8, 4) is 5.82 Å². The lowest BCUT2D eigenvalue weighted by molar-refractivity contribution is -0.137. The number of carbonyl (C=O) groups is 1. The number of hydrogen-bond acceptors (Lipinski definition) is 5. The molecule has 0 saturated carbocycles. The van der Waals surface area contributed by atoms with Crippen LogP contribution in [0.2, 0.25) is 0 Å². The summed E-state index contributed by atoms with van der Waals surface area (Å²) in [5, 5.41) is 7.61. The molecule has 2 atom stereocenters. The molecule has 7 nitrogen and oxygen atoms in total. The van der Waals surface area contributed by atoms with Crippen LogP contribution >= 0.6 is 0 Å². The summed E-state index contributed by atoms with van der Waals surface area (Å²) < 4.78 is 38.9. The van der Waals surface area contributed by atoms with Crippen LogP contribution in [-0.2, 0) is 6.18 Å². The van der Waals surface area contributed by atoms with Crippen molar-refractivity contribution >= 4 is 5.91 Å². The standard InChI is InChI=1S/C15H17F3N6O/c1-9-6-11(19)4-5-23(9)14(25)12-8-24(22-21-12)13-3-2-10(7-20-13)15(16,17)18/h2-3,7-9,11H,4-6,19H2,1H3/t9-,11+/m0/s1. The van der Waals surface area contributed by atoms with E-state index in [1.54, 1.807) is 4.90 Å². The van der Waals surface area contributed by atoms with Crippen LogP contribution in [0.25, 0.3) is 5.82 Å². The zero-order chi connectivity index (χ0) is 18.2. The molecule has 1 saturated heterocycles. The quantitative estimate of drug-likeness (QED) is 0.885. The smallest absolute Gasteiger partial charge is 0.334 e. The predicted molar refractivity (Wildman–Crippen MR) is 81.9 cm³/mol. The summed E-state index contributed by atoms with van der Waals surface area (Å²) in [4.78, 5) is 18.0. The Balaban J connectivity index is 1.77. The Bertz CT molecular complexity index is 757. The molecular weight excluding hydrogens is 337 g/mol. The molecule has 0 radical (unpaired) electrons. The summed E-state index contributed by atoms with van der Waals surface area (Å²) in [6.45, 7) is 2.45. The van der Waals surface area contributed by atoms with Crippen LogP contribution in [0.3, 0.4) is 0 Å². The number of pyridine rings is 1. The third-order valence-corrected chi connectivity index (χ3v) is 4.20. The molecule has 25 heavy (non-hydrogen) atoms. The van der Waals surface area contributed by atoms with Crippen LogP contribution in [0, 0.1) is 0 Å². The number of piperidine rings is 1. The van der Waals surface area contributed by atoms with Gasteiger partial charge in [-0.25, -0.2) is 9.67 Å². The lowest BCUT2D eigenvalue weighted by Crippen LogP contribution is -2.48. The first-order chi connectivity index (χ1) is 11.8. The molecule has 3 heterocycles. The first-order valence-corrected chi connectivity index (χ1v) is 7.78. The number of carbonyl (C=O) groups excluding carboxylic acids is 1. The Labute approximate surface area is 141 Å². The van der Waals surface area contributed by atoms with Crippen molar-refractivity contribution in [2.75, 3.05) is 6.54 Å². The lowest BCUT2D eigenvalue weighted by Gasteiger charge is -2.35. The number of likely N-dealkylation sites (tertiary alicyclic amines) is 1. The van der Waals surface area contributed by atoms with Gasteiger partial charge in [0.05, 0.1) is 11.8 Å². The number of halogens is 3. The summed E-state index contributed by atoms with van der Waals surface area (Å²) in [5.41, 5.74) is 5.15. The Morgan fingerprint density at radius 3 is 2.72 bits per heavy atom. The second-order valence-corrected chi connectivity index (χ2v) is 6.08. The van der Waals surface area contributed by atoms with Crippen molar-refractivity contribution in [2.24, 2.45) is 5.73 Å². The summed E-state index contributed by atoms with van der Waals surface area (Å²) >= 11 is 0. The van der Waals surface area contributed by atoms with Crippen molar-refractivity contribution < 1.29 is 18.0 Å². The minimum Gasteiger partial charge on any atom is -0.334 e. The van der Waals surface area contributed by atoms with Crippen LogP contribution in [0.5, 0.6) is 0 Å². The molecule has 3 rings (SSSR count). The fourth-order valence-corrected chi connectivity index (χ4v) is 2.82. The number of rotatable bonds is 2. The van der Waals surface area contributed by atoms with Gasteiger partial charge in [-0.2, -0.15) is 13.2 Å². The lowest BCUT2D eigenvalue weighted by atomic mass is 9.99. The van der Waals surface area contributed by atoms with Gasteiger partial charge in [0.15, 0.2) is 11.5 Å². The van der Waals surface area contributed by atoms with E-state index in [2.05, 4.69) is 15.3 Å². The normalized spacial score (nSPS) is 21.4. The maximum atomic E-state index is 12.6. The van der Waals surface area contributed by atoms with Gasteiger partial charge in [-0.1, -0.05) is 5.21 Å². The van der Waals surface area contributed by atoms with E-state index in [-0.39, 0.29) is 29.5 Å². The first-order valence-electron chi connectivity index (χ1n) is 7.78. The Morgan fingerprint density at radius 2 is 2.12 bits per heavy atom. The molecule has 1 fully saturated rings. The fourth-order valence-electron chi connectivity index (χ4n) is 2.82. The summed E-state index contributed by atoms with van der Waals surface area (Å²) in [6, 6.07) is 2.14. The molecular formula is C15H17F3N6O. The summed E-state index contributed by atoms with van der Waals surface area (Å²) in [6.07, 6.45) is -0.961. The first kappa shape index (κ1) is 17.3. The largest absolute Gasteiger partial charge is 0.417 e. The molecule has 0 spiro atoms. The average Bonchev–Trinajstić information content (AvgIpc) is 3.03. The van der Waals surface area contributed by atoms with Gasteiger partial charge in [0.1, 0.15) is 0 Å². The van der Waals surface area contributed by atoms with Gasteiger partial charge >= 0.3 is 6.18 Å². The van der Waals surface area contributed by atoms with E-state index in [0.717, 1.165) is 6.07 Å². The number of aromatic nitrogens is 4. The second kappa shape index (κ2) is 6.43. The number of hydrogen-bond donors (Lipinski definition) is 1. The highest BCUT2D eigenvalue weighted by Gasteiger charge is 2.31. The summed E-state index contributed by atoms with van der Waals surface area (Å²) in [5.74, 6) is -0.133. The van der Waals surface area contributed by atoms with Crippen LogP contribution in [0.15, 0.2) is 24.5 Å². The van der Waals surface area contributed by atoms with Crippen molar-refractivity contribution in [3.63, 3.8) is 0 Å². The highest BCUT2D eigenvalue weighted by molar-refractivity contribution is 5.92. The molecule has 2 aromatic rings. The zero-order valence-electron chi connectivity index (χ0n) is 13.4. The van der Waals surface area contributed by atoms with E-state index in [4.69, 9.17) is 5.73 Å². The molecule has 1 aliphatic heterocycles. The highest BCUT2D eigenvalue weighted by Crippen LogP contribution is 2.28. The van der Waals surface area contributed by atoms with Gasteiger partial charge in [0.2, 0.25) is 0 Å². The zero-order valence-corrected chi connectivity index (χ0v) is 13.4. The minimum atomic E-state index is -4.46. The number of amides is 1. The van der Waals surface area contributed by atoms with E-state index in [9.17, 15) is 18.0 Å². The topological polar surface area (TPSA) is 89.9 Å². The molecule has 10 heteroatoms. The fraction of sp³-hybridized carbons (Fsp3) is 0.467. The monoisotopic (exact) mass is 354 g/mol. The van der Waals surface area contributed by atoms with Gasteiger partial charge in [0, 0.05) is 24.8 Å². The second-order valence-electron chi connectivity index (χ2n) is 6.08. The maximum Gasteiger partial charge on any atom is 0.417 e. The molecule has 1 amide bonds. The van der Waals surface area contributed by atoms with Gasteiger partial charge in [-0.3, -0.25) is 4.79 Å². The average molecular weight is 354 g/mol. The van der Waals surface area contributed by atoms with Crippen molar-refractivity contribution in [1.82, 2.24) is 24.9 Å². The Morgan fingerprint density at radius 1 is 1.36 bits per heavy atom. The number of nitrogens with zero attached hydrogens (tertiary/aromatic N) is 5. The Hall–Kier alpha value is -2.49. The third kappa shape index (κ3) is 3.63. The van der Waals surface area contributed by atoms with Crippen molar-refractivity contribution in [1.29, 1.82) is 0 Å². The molecule has 134 valence electrons. The van der Waals surface area contributed by atoms with E-state index in [0.29, 0.717) is 25.6 Å². The van der Waals surface area contributed by atoms with E-state index < -0.39 is 11.7 Å². The van der Waals surface area contributed by atoms with Crippen LogP contribution in [-0.4, -0.2) is 49.4 Å². The molecule has 2 aromatic heterocycles. The molecule has 0 unspecified atom stereocenters. The van der Waals surface area contributed by atoms with Gasteiger partial charge in [0.25, 0.3) is 5.91 Å². The minimum absolute atomic E-state index is 0.00871. The van der Waals surface area contributed by atoms with Gasteiger partial charge < -0.3 is 10.6 Å². The molecule has 2 N–H and O–H groups in total. The molecule has 0 bridgehead atoms. The highest BCUT2D eigenvalue weighted by atomic mass is 19.4. The SMILES string of the molecule is C[C@H]1C[C@H](N)CCN1C(=O)c1cn(-c2ccc(C(F)(F)F)cn2)nn1. The third-order valence-electron chi connectivity index (χ3n) is 4.20. The molecule has 0 aliphatic carbocycles. The number of nitrogens with two attached hydrogens (primary N) is 1.